The number of hydrogen-bond acceptors (Lipinski definition) is 7. The van der Waals surface area contributed by atoms with Gasteiger partial charge in [0.05, 0.1) is 21.5 Å². The van der Waals surface area contributed by atoms with Crippen molar-refractivity contribution in [2.45, 2.75) is 23.9 Å². The summed E-state index contributed by atoms with van der Waals surface area (Å²) >= 11 is 15.6. The summed E-state index contributed by atoms with van der Waals surface area (Å²) in [5.41, 5.74) is 3.76. The Bertz CT molecular complexity index is 1650. The van der Waals surface area contributed by atoms with Crippen LogP contribution in [0.5, 0.6) is 0 Å². The van der Waals surface area contributed by atoms with E-state index >= 15 is 0 Å². The number of carbonyl (C=O) groups is 1. The highest BCUT2D eigenvalue weighted by Crippen LogP contribution is 2.31. The molecule has 0 spiro atoms. The Morgan fingerprint density at radius 2 is 1.57 bits per heavy atom. The molecule has 1 saturated heterocycles. The minimum absolute atomic E-state index is 0.00835. The molecule has 0 radical (unpaired) electrons. The van der Waals surface area contributed by atoms with E-state index in [4.69, 9.17) is 23.2 Å². The Morgan fingerprint density at radius 3 is 2.29 bits per heavy atom. The van der Waals surface area contributed by atoms with Gasteiger partial charge in [-0.05, 0) is 29.3 Å². The molecule has 214 valence electrons. The molecule has 5 aromatic rings. The maximum Gasteiger partial charge on any atom is 0.273 e. The zero-order valence-corrected chi connectivity index (χ0v) is 25.8. The first-order chi connectivity index (χ1) is 20.5. The first-order valence-corrected chi connectivity index (χ1v) is 16.2. The Balaban J connectivity index is 1.12. The molecular weight excluding hydrogens is 607 g/mol. The van der Waals surface area contributed by atoms with Crippen LogP contribution in [-0.4, -0.2) is 61.6 Å². The standard InChI is InChI=1S/C31H28Cl2N6OS2/c32-25-12-11-24(18-26(25)33)39-28(17-22-7-3-1-4-8-22)35-36-31(39)42-21-29-34-27(20-41-29)30(40)38-15-13-37(14-16-38)19-23-9-5-2-6-10-23/h1-12,18,20H,13-17,19,21H2. The average molecular weight is 636 g/mol. The van der Waals surface area contributed by atoms with Crippen LogP contribution in [0.2, 0.25) is 10.0 Å². The van der Waals surface area contributed by atoms with Gasteiger partial charge >= 0.3 is 0 Å². The first kappa shape index (κ1) is 28.9. The van der Waals surface area contributed by atoms with Crippen LogP contribution in [0, 0.1) is 0 Å². The van der Waals surface area contributed by atoms with Crippen LogP contribution in [0.3, 0.4) is 0 Å². The lowest BCUT2D eigenvalue weighted by Crippen LogP contribution is -2.48. The van der Waals surface area contributed by atoms with Gasteiger partial charge in [0.25, 0.3) is 5.91 Å². The summed E-state index contributed by atoms with van der Waals surface area (Å²) in [6, 6.07) is 26.1. The predicted molar refractivity (Wildman–Crippen MR) is 170 cm³/mol. The normalized spacial score (nSPS) is 13.9. The van der Waals surface area contributed by atoms with Gasteiger partial charge in [0, 0.05) is 44.5 Å². The van der Waals surface area contributed by atoms with Gasteiger partial charge in [-0.2, -0.15) is 0 Å². The minimum atomic E-state index is -0.00835. The van der Waals surface area contributed by atoms with Gasteiger partial charge in [-0.3, -0.25) is 14.3 Å². The quantitative estimate of drug-likeness (QED) is 0.165. The third-order valence-electron chi connectivity index (χ3n) is 7.07. The van der Waals surface area contributed by atoms with Crippen LogP contribution >= 0.6 is 46.3 Å². The van der Waals surface area contributed by atoms with Crippen LogP contribution < -0.4 is 0 Å². The Labute approximate surface area is 263 Å². The van der Waals surface area contributed by atoms with Gasteiger partial charge in [0.15, 0.2) is 5.16 Å². The van der Waals surface area contributed by atoms with Crippen molar-refractivity contribution in [3.05, 3.63) is 122 Å². The molecular formula is C31H28Cl2N6OS2. The number of hydrogen-bond donors (Lipinski definition) is 0. The second-order valence-electron chi connectivity index (χ2n) is 9.96. The summed E-state index contributed by atoms with van der Waals surface area (Å²) in [6.07, 6.45) is 0.614. The van der Waals surface area contributed by atoms with E-state index in [-0.39, 0.29) is 5.91 Å². The summed E-state index contributed by atoms with van der Waals surface area (Å²) in [4.78, 5) is 22.2. The molecule has 2 aromatic heterocycles. The van der Waals surface area contributed by atoms with Crippen LogP contribution in [-0.2, 0) is 18.7 Å². The van der Waals surface area contributed by atoms with Gasteiger partial charge < -0.3 is 4.90 Å². The molecule has 3 aromatic carbocycles. The van der Waals surface area contributed by atoms with E-state index < -0.39 is 0 Å². The molecule has 0 bridgehead atoms. The molecule has 3 heterocycles. The van der Waals surface area contributed by atoms with E-state index in [9.17, 15) is 4.79 Å². The Morgan fingerprint density at radius 1 is 0.857 bits per heavy atom. The second kappa shape index (κ2) is 13.4. The third-order valence-corrected chi connectivity index (χ3v) is 9.78. The van der Waals surface area contributed by atoms with E-state index in [1.54, 1.807) is 6.07 Å². The smallest absolute Gasteiger partial charge is 0.273 e. The van der Waals surface area contributed by atoms with E-state index in [1.807, 2.05) is 51.2 Å². The lowest BCUT2D eigenvalue weighted by Gasteiger charge is -2.34. The molecule has 6 rings (SSSR count). The van der Waals surface area contributed by atoms with E-state index in [0.717, 1.165) is 46.9 Å². The van der Waals surface area contributed by atoms with Crippen molar-refractivity contribution < 1.29 is 4.79 Å². The van der Waals surface area contributed by atoms with Gasteiger partial charge in [-0.15, -0.1) is 21.5 Å². The fourth-order valence-electron chi connectivity index (χ4n) is 4.88. The molecule has 0 unspecified atom stereocenters. The molecule has 7 nitrogen and oxygen atoms in total. The van der Waals surface area contributed by atoms with E-state index in [0.29, 0.717) is 41.0 Å². The number of nitrogens with zero attached hydrogens (tertiary/aromatic N) is 6. The lowest BCUT2D eigenvalue weighted by atomic mass is 10.1. The lowest BCUT2D eigenvalue weighted by molar-refractivity contribution is 0.0623. The molecule has 1 aliphatic heterocycles. The number of amides is 1. The van der Waals surface area contributed by atoms with Gasteiger partial charge in [0.2, 0.25) is 0 Å². The monoisotopic (exact) mass is 634 g/mol. The summed E-state index contributed by atoms with van der Waals surface area (Å²) in [6.45, 7) is 4.00. The van der Waals surface area contributed by atoms with Crippen LogP contribution in [0.1, 0.15) is 32.4 Å². The zero-order chi connectivity index (χ0) is 28.9. The number of piperazine rings is 1. The molecule has 0 N–H and O–H groups in total. The topological polar surface area (TPSA) is 67.2 Å². The van der Waals surface area contributed by atoms with Gasteiger partial charge in [0.1, 0.15) is 16.5 Å². The maximum absolute atomic E-state index is 13.2. The van der Waals surface area contributed by atoms with Crippen molar-refractivity contribution in [2.24, 2.45) is 0 Å². The SMILES string of the molecule is O=C(c1csc(CSc2nnc(Cc3ccccc3)n2-c2ccc(Cl)c(Cl)c2)n1)N1CCN(Cc2ccccc2)CC1. The number of aromatic nitrogens is 4. The largest absolute Gasteiger partial charge is 0.335 e. The van der Waals surface area contributed by atoms with Crippen molar-refractivity contribution in [2.75, 3.05) is 26.2 Å². The van der Waals surface area contributed by atoms with E-state index in [1.165, 1.54) is 28.7 Å². The highest BCUT2D eigenvalue weighted by atomic mass is 35.5. The summed E-state index contributed by atoms with van der Waals surface area (Å²) < 4.78 is 2.01. The fourth-order valence-corrected chi connectivity index (χ4v) is 6.93. The van der Waals surface area contributed by atoms with Crippen molar-refractivity contribution in [1.82, 2.24) is 29.5 Å². The Kier molecular flexibility index (Phi) is 9.21. The predicted octanol–water partition coefficient (Wildman–Crippen LogP) is 6.87. The molecule has 1 aliphatic rings. The highest BCUT2D eigenvalue weighted by Gasteiger charge is 2.24. The number of thioether (sulfide) groups is 1. The molecule has 1 amide bonds. The Hall–Kier alpha value is -3.21. The summed E-state index contributed by atoms with van der Waals surface area (Å²) in [5, 5.41) is 13.4. The van der Waals surface area contributed by atoms with Crippen LogP contribution in [0.25, 0.3) is 5.69 Å². The number of thiazole rings is 1. The fraction of sp³-hybridized carbons (Fsp3) is 0.226. The number of rotatable bonds is 9. The van der Waals surface area contributed by atoms with Crippen molar-refractivity contribution in [1.29, 1.82) is 0 Å². The zero-order valence-electron chi connectivity index (χ0n) is 22.7. The van der Waals surface area contributed by atoms with E-state index in [2.05, 4.69) is 56.5 Å². The molecule has 42 heavy (non-hydrogen) atoms. The third kappa shape index (κ3) is 6.88. The first-order valence-electron chi connectivity index (χ1n) is 13.6. The van der Waals surface area contributed by atoms with Crippen LogP contribution in [0.15, 0.2) is 89.4 Å². The summed E-state index contributed by atoms with van der Waals surface area (Å²) in [5.74, 6) is 1.35. The number of carbonyl (C=O) groups excluding carboxylic acids is 1. The van der Waals surface area contributed by atoms with Crippen LogP contribution in [0.4, 0.5) is 0 Å². The molecule has 1 fully saturated rings. The molecule has 0 aliphatic carbocycles. The second-order valence-corrected chi connectivity index (χ2v) is 12.7. The summed E-state index contributed by atoms with van der Waals surface area (Å²) in [7, 11) is 0. The van der Waals surface area contributed by atoms with Crippen molar-refractivity contribution in [3.8, 4) is 5.69 Å². The highest BCUT2D eigenvalue weighted by molar-refractivity contribution is 7.98. The number of halogens is 2. The molecule has 0 atom stereocenters. The van der Waals surface area contributed by atoms with Gasteiger partial charge in [-0.25, -0.2) is 4.98 Å². The maximum atomic E-state index is 13.2. The minimum Gasteiger partial charge on any atom is -0.335 e. The van der Waals surface area contributed by atoms with Crippen molar-refractivity contribution in [3.63, 3.8) is 0 Å². The molecule has 0 saturated carbocycles. The number of benzene rings is 3. The van der Waals surface area contributed by atoms with Gasteiger partial charge in [-0.1, -0.05) is 95.6 Å². The van der Waals surface area contributed by atoms with Crippen molar-refractivity contribution >= 4 is 52.2 Å². The molecule has 11 heteroatoms. The average Bonchev–Trinajstić information content (AvgIpc) is 3.66.